The van der Waals surface area contributed by atoms with Gasteiger partial charge >= 0.3 is 0 Å². The van der Waals surface area contributed by atoms with Gasteiger partial charge in [0.15, 0.2) is 0 Å². The summed E-state index contributed by atoms with van der Waals surface area (Å²) in [6.07, 6.45) is 2.47. The molecule has 1 amide bonds. The topological polar surface area (TPSA) is 46.3 Å². The zero-order valence-corrected chi connectivity index (χ0v) is 12.6. The molecule has 0 aromatic heterocycles. The molecule has 0 bridgehead atoms. The van der Waals surface area contributed by atoms with E-state index in [1.807, 2.05) is 17.0 Å². The van der Waals surface area contributed by atoms with E-state index in [4.69, 9.17) is 5.73 Å². The third-order valence-corrected chi connectivity index (χ3v) is 4.65. The van der Waals surface area contributed by atoms with Crippen molar-refractivity contribution >= 4 is 5.91 Å². The molecule has 3 nitrogen and oxygen atoms in total. The van der Waals surface area contributed by atoms with E-state index in [2.05, 4.69) is 32.9 Å². The average Bonchev–Trinajstić information content (AvgIpc) is 3.18. The lowest BCUT2D eigenvalue weighted by Gasteiger charge is -2.48. The predicted molar refractivity (Wildman–Crippen MR) is 80.7 cm³/mol. The molecule has 2 N–H and O–H groups in total. The molecule has 1 aromatic carbocycles. The van der Waals surface area contributed by atoms with Gasteiger partial charge in [-0.05, 0) is 41.9 Å². The van der Waals surface area contributed by atoms with Gasteiger partial charge in [-0.1, -0.05) is 32.9 Å². The highest BCUT2D eigenvalue weighted by Crippen LogP contribution is 2.43. The van der Waals surface area contributed by atoms with Crippen molar-refractivity contribution in [3.63, 3.8) is 0 Å². The molecule has 0 atom stereocenters. The van der Waals surface area contributed by atoms with Crippen LogP contribution in [-0.4, -0.2) is 29.4 Å². The van der Waals surface area contributed by atoms with Gasteiger partial charge in [0.2, 0.25) is 0 Å². The van der Waals surface area contributed by atoms with Gasteiger partial charge in [-0.3, -0.25) is 4.79 Å². The number of amides is 1. The molecular formula is C17H24N2O. The average molecular weight is 272 g/mol. The van der Waals surface area contributed by atoms with Gasteiger partial charge in [0.05, 0.1) is 5.54 Å². The molecule has 1 heterocycles. The molecule has 0 unspecified atom stereocenters. The van der Waals surface area contributed by atoms with Crippen LogP contribution in [0.5, 0.6) is 0 Å². The van der Waals surface area contributed by atoms with Gasteiger partial charge in [-0.15, -0.1) is 0 Å². The third-order valence-electron chi connectivity index (χ3n) is 4.65. The van der Waals surface area contributed by atoms with Crippen molar-refractivity contribution in [2.24, 2.45) is 11.7 Å². The number of carbonyl (C=O) groups is 1. The number of hydrogen-bond donors (Lipinski definition) is 1. The maximum Gasteiger partial charge on any atom is 0.253 e. The molecule has 1 aliphatic carbocycles. The number of hydrogen-bond acceptors (Lipinski definition) is 2. The molecular weight excluding hydrogens is 248 g/mol. The minimum atomic E-state index is -0.0962. The van der Waals surface area contributed by atoms with Crippen LogP contribution in [0, 0.1) is 5.92 Å². The number of likely N-dealkylation sites (tertiary alicyclic amines) is 1. The predicted octanol–water partition coefficient (Wildman–Crippen LogP) is 2.55. The first kappa shape index (κ1) is 13.6. The standard InChI is InChI=1S/C17H24N2O/c1-16(2,3)13-6-4-12(5-7-13)15(20)19-10-17(18,11-19)14-8-9-14/h4-7,14H,8-11,18H2,1-3H3. The molecule has 2 fully saturated rings. The summed E-state index contributed by atoms with van der Waals surface area (Å²) in [4.78, 5) is 14.3. The van der Waals surface area contributed by atoms with E-state index in [0.717, 1.165) is 18.7 Å². The van der Waals surface area contributed by atoms with Crippen LogP contribution in [0.4, 0.5) is 0 Å². The molecule has 2 aliphatic rings. The Labute approximate surface area is 121 Å². The van der Waals surface area contributed by atoms with E-state index in [-0.39, 0.29) is 16.9 Å². The first-order valence-electron chi connectivity index (χ1n) is 7.48. The Morgan fingerprint density at radius 2 is 1.75 bits per heavy atom. The minimum absolute atomic E-state index is 0.0962. The van der Waals surface area contributed by atoms with Crippen LogP contribution in [0.15, 0.2) is 24.3 Å². The second-order valence-corrected chi connectivity index (χ2v) is 7.50. The van der Waals surface area contributed by atoms with Crippen molar-refractivity contribution in [3.8, 4) is 0 Å². The van der Waals surface area contributed by atoms with Crippen molar-refractivity contribution in [1.29, 1.82) is 0 Å². The summed E-state index contributed by atoms with van der Waals surface area (Å²) in [5, 5.41) is 0. The Morgan fingerprint density at radius 1 is 1.20 bits per heavy atom. The van der Waals surface area contributed by atoms with E-state index < -0.39 is 0 Å². The number of carbonyl (C=O) groups excluding carboxylic acids is 1. The maximum atomic E-state index is 12.4. The van der Waals surface area contributed by atoms with Gasteiger partial charge in [-0.25, -0.2) is 0 Å². The van der Waals surface area contributed by atoms with Crippen molar-refractivity contribution < 1.29 is 4.79 Å². The lowest BCUT2D eigenvalue weighted by molar-refractivity contribution is 0.0350. The van der Waals surface area contributed by atoms with Crippen LogP contribution < -0.4 is 5.73 Å². The van der Waals surface area contributed by atoms with Gasteiger partial charge < -0.3 is 10.6 Å². The number of rotatable bonds is 2. The Kier molecular flexibility index (Phi) is 2.94. The van der Waals surface area contributed by atoms with Gasteiger partial charge in [-0.2, -0.15) is 0 Å². The number of benzene rings is 1. The molecule has 1 saturated heterocycles. The monoisotopic (exact) mass is 272 g/mol. The maximum absolute atomic E-state index is 12.4. The first-order valence-corrected chi connectivity index (χ1v) is 7.48. The number of nitrogens with zero attached hydrogens (tertiary/aromatic N) is 1. The van der Waals surface area contributed by atoms with Crippen molar-refractivity contribution in [3.05, 3.63) is 35.4 Å². The van der Waals surface area contributed by atoms with E-state index in [1.165, 1.54) is 18.4 Å². The van der Waals surface area contributed by atoms with Gasteiger partial charge in [0.1, 0.15) is 0 Å². The molecule has 0 spiro atoms. The van der Waals surface area contributed by atoms with Crippen molar-refractivity contribution in [2.75, 3.05) is 13.1 Å². The molecule has 20 heavy (non-hydrogen) atoms. The highest BCUT2D eigenvalue weighted by atomic mass is 16.2. The van der Waals surface area contributed by atoms with Crippen LogP contribution in [0.1, 0.15) is 49.5 Å². The molecule has 1 aromatic rings. The summed E-state index contributed by atoms with van der Waals surface area (Å²) >= 11 is 0. The molecule has 1 aliphatic heterocycles. The van der Waals surface area contributed by atoms with E-state index in [9.17, 15) is 4.79 Å². The molecule has 0 radical (unpaired) electrons. The Morgan fingerprint density at radius 3 is 2.20 bits per heavy atom. The number of nitrogens with two attached hydrogens (primary N) is 1. The van der Waals surface area contributed by atoms with Crippen molar-refractivity contribution in [2.45, 2.75) is 44.6 Å². The smallest absolute Gasteiger partial charge is 0.253 e. The summed E-state index contributed by atoms with van der Waals surface area (Å²) in [7, 11) is 0. The minimum Gasteiger partial charge on any atom is -0.335 e. The summed E-state index contributed by atoms with van der Waals surface area (Å²) < 4.78 is 0. The summed E-state index contributed by atoms with van der Waals surface area (Å²) in [5.74, 6) is 0.766. The highest BCUT2D eigenvalue weighted by molar-refractivity contribution is 5.95. The quantitative estimate of drug-likeness (QED) is 0.899. The second kappa shape index (κ2) is 4.32. The highest BCUT2D eigenvalue weighted by Gasteiger charge is 2.51. The Bertz CT molecular complexity index is 517. The summed E-state index contributed by atoms with van der Waals surface area (Å²) in [5.41, 5.74) is 8.35. The fourth-order valence-electron chi connectivity index (χ4n) is 3.02. The van der Waals surface area contributed by atoms with Crippen LogP contribution in [0.2, 0.25) is 0 Å². The molecule has 3 heteroatoms. The zero-order valence-electron chi connectivity index (χ0n) is 12.6. The fourth-order valence-corrected chi connectivity index (χ4v) is 3.02. The SMILES string of the molecule is CC(C)(C)c1ccc(C(=O)N2CC(N)(C3CC3)C2)cc1. The van der Waals surface area contributed by atoms with Crippen LogP contribution >= 0.6 is 0 Å². The lowest BCUT2D eigenvalue weighted by atomic mass is 9.84. The van der Waals surface area contributed by atoms with Crippen LogP contribution in [0.3, 0.4) is 0 Å². The fraction of sp³-hybridized carbons (Fsp3) is 0.588. The van der Waals surface area contributed by atoms with Crippen LogP contribution in [0.25, 0.3) is 0 Å². The van der Waals surface area contributed by atoms with Gasteiger partial charge in [0, 0.05) is 18.7 Å². The largest absolute Gasteiger partial charge is 0.335 e. The van der Waals surface area contributed by atoms with E-state index in [1.54, 1.807) is 0 Å². The van der Waals surface area contributed by atoms with E-state index in [0.29, 0.717) is 5.92 Å². The Balaban J connectivity index is 1.66. The first-order chi connectivity index (χ1) is 9.29. The summed E-state index contributed by atoms with van der Waals surface area (Å²) in [6.45, 7) is 7.97. The molecule has 1 saturated carbocycles. The third kappa shape index (κ3) is 2.35. The second-order valence-electron chi connectivity index (χ2n) is 7.50. The van der Waals surface area contributed by atoms with E-state index >= 15 is 0 Å². The van der Waals surface area contributed by atoms with Crippen molar-refractivity contribution in [1.82, 2.24) is 4.90 Å². The molecule has 3 rings (SSSR count). The summed E-state index contributed by atoms with van der Waals surface area (Å²) in [6, 6.07) is 8.00. The van der Waals surface area contributed by atoms with Crippen LogP contribution in [-0.2, 0) is 5.41 Å². The Hall–Kier alpha value is -1.35. The normalized spacial score (nSPS) is 21.5. The lowest BCUT2D eigenvalue weighted by Crippen LogP contribution is -2.69. The molecule has 108 valence electrons. The zero-order chi connectivity index (χ0) is 14.5. The van der Waals surface area contributed by atoms with Gasteiger partial charge in [0.25, 0.3) is 5.91 Å².